The third-order valence-electron chi connectivity index (χ3n) is 2.41. The molecular formula is C13H17ClN2O3S. The monoisotopic (exact) mass is 316 g/mol. The van der Waals surface area contributed by atoms with Gasteiger partial charge in [0.15, 0.2) is 6.61 Å². The van der Waals surface area contributed by atoms with Crippen molar-refractivity contribution in [2.75, 3.05) is 18.9 Å². The zero-order valence-corrected chi connectivity index (χ0v) is 12.8. The van der Waals surface area contributed by atoms with Gasteiger partial charge in [-0.25, -0.2) is 4.79 Å². The Hall–Kier alpha value is -1.40. The molecule has 0 radical (unpaired) electrons. The summed E-state index contributed by atoms with van der Waals surface area (Å²) in [5.74, 6) is 0.574. The zero-order chi connectivity index (χ0) is 15.0. The van der Waals surface area contributed by atoms with E-state index in [-0.39, 0.29) is 6.61 Å². The maximum absolute atomic E-state index is 11.5. The van der Waals surface area contributed by atoms with Crippen molar-refractivity contribution < 1.29 is 14.3 Å². The van der Waals surface area contributed by atoms with Crippen LogP contribution in [0.1, 0.15) is 12.5 Å². The van der Waals surface area contributed by atoms with Gasteiger partial charge in [0.25, 0.3) is 5.91 Å². The van der Waals surface area contributed by atoms with Crippen molar-refractivity contribution in [2.45, 2.75) is 13.3 Å². The minimum absolute atomic E-state index is 0.233. The highest BCUT2D eigenvalue weighted by atomic mass is 35.5. The Morgan fingerprint density at radius 3 is 2.80 bits per heavy atom. The van der Waals surface area contributed by atoms with E-state index >= 15 is 0 Å². The van der Waals surface area contributed by atoms with E-state index in [1.54, 1.807) is 18.2 Å². The Morgan fingerprint density at radius 2 is 2.15 bits per heavy atom. The first-order chi connectivity index (χ1) is 9.56. The molecule has 0 aliphatic rings. The Labute approximate surface area is 128 Å². The topological polar surface area (TPSA) is 67.4 Å². The molecule has 5 nitrogen and oxygen atoms in total. The van der Waals surface area contributed by atoms with Gasteiger partial charge in [-0.2, -0.15) is 12.6 Å². The van der Waals surface area contributed by atoms with Gasteiger partial charge in [0.1, 0.15) is 5.75 Å². The van der Waals surface area contributed by atoms with Crippen LogP contribution in [0.3, 0.4) is 0 Å². The predicted molar refractivity (Wildman–Crippen MR) is 81.7 cm³/mol. The molecule has 7 heteroatoms. The Bertz CT molecular complexity index is 483. The number of thiol groups is 1. The first-order valence-electron chi connectivity index (χ1n) is 6.16. The summed E-state index contributed by atoms with van der Waals surface area (Å²) < 4.78 is 5.38. The molecule has 0 bridgehead atoms. The Balaban J connectivity index is 2.46. The molecule has 1 aromatic rings. The van der Waals surface area contributed by atoms with E-state index in [0.717, 1.165) is 12.0 Å². The third kappa shape index (κ3) is 5.71. The average Bonchev–Trinajstić information content (AvgIpc) is 2.43. The number of benzene rings is 1. The van der Waals surface area contributed by atoms with Crippen LogP contribution in [0.5, 0.6) is 5.75 Å². The van der Waals surface area contributed by atoms with Crippen LogP contribution < -0.4 is 15.4 Å². The van der Waals surface area contributed by atoms with Gasteiger partial charge < -0.3 is 10.1 Å². The normalized spacial score (nSPS) is 9.95. The number of ether oxygens (including phenoxy) is 1. The summed E-state index contributed by atoms with van der Waals surface area (Å²) in [4.78, 5) is 22.8. The fourth-order valence-electron chi connectivity index (χ4n) is 1.48. The number of urea groups is 1. The zero-order valence-electron chi connectivity index (χ0n) is 11.1. The quantitative estimate of drug-likeness (QED) is 0.704. The lowest BCUT2D eigenvalue weighted by atomic mass is 10.1. The first kappa shape index (κ1) is 16.7. The highest BCUT2D eigenvalue weighted by molar-refractivity contribution is 7.80. The van der Waals surface area contributed by atoms with Crippen molar-refractivity contribution in [2.24, 2.45) is 0 Å². The smallest absolute Gasteiger partial charge is 0.321 e. The van der Waals surface area contributed by atoms with E-state index in [4.69, 9.17) is 16.3 Å². The van der Waals surface area contributed by atoms with E-state index in [1.165, 1.54) is 0 Å². The lowest BCUT2D eigenvalue weighted by Crippen LogP contribution is -2.42. The summed E-state index contributed by atoms with van der Waals surface area (Å²) >= 11 is 9.82. The summed E-state index contributed by atoms with van der Waals surface area (Å²) in [6.07, 6.45) is 0.736. The van der Waals surface area contributed by atoms with Crippen LogP contribution in [-0.4, -0.2) is 30.8 Å². The van der Waals surface area contributed by atoms with Crippen molar-refractivity contribution in [3.63, 3.8) is 0 Å². The van der Waals surface area contributed by atoms with Crippen molar-refractivity contribution in [1.82, 2.24) is 10.6 Å². The summed E-state index contributed by atoms with van der Waals surface area (Å²) in [6.45, 7) is 2.12. The van der Waals surface area contributed by atoms with Crippen molar-refractivity contribution in [3.8, 4) is 5.75 Å². The second-order valence-electron chi connectivity index (χ2n) is 3.92. The van der Waals surface area contributed by atoms with Crippen LogP contribution in [0.4, 0.5) is 4.79 Å². The number of aryl methyl sites for hydroxylation is 1. The first-order valence-corrected chi connectivity index (χ1v) is 7.17. The summed E-state index contributed by atoms with van der Waals surface area (Å²) in [6, 6.07) is 4.62. The summed E-state index contributed by atoms with van der Waals surface area (Å²) in [7, 11) is 0. The molecule has 0 saturated heterocycles. The number of rotatable bonds is 6. The second-order valence-corrected chi connectivity index (χ2v) is 4.81. The third-order valence-corrected chi connectivity index (χ3v) is 2.87. The Kier molecular flexibility index (Phi) is 7.25. The number of carbonyl (C=O) groups excluding carboxylic acids is 2. The van der Waals surface area contributed by atoms with E-state index < -0.39 is 11.9 Å². The van der Waals surface area contributed by atoms with E-state index in [0.29, 0.717) is 23.1 Å². The van der Waals surface area contributed by atoms with Crippen LogP contribution in [0, 0.1) is 0 Å². The van der Waals surface area contributed by atoms with Crippen LogP contribution in [0.15, 0.2) is 18.2 Å². The van der Waals surface area contributed by atoms with E-state index in [1.807, 2.05) is 6.92 Å². The molecule has 0 unspecified atom stereocenters. The molecule has 0 atom stereocenters. The van der Waals surface area contributed by atoms with Gasteiger partial charge in [0, 0.05) is 17.3 Å². The van der Waals surface area contributed by atoms with Crippen LogP contribution >= 0.6 is 24.2 Å². The van der Waals surface area contributed by atoms with E-state index in [2.05, 4.69) is 23.3 Å². The van der Waals surface area contributed by atoms with E-state index in [9.17, 15) is 9.59 Å². The van der Waals surface area contributed by atoms with Crippen LogP contribution in [-0.2, 0) is 11.2 Å². The fourth-order valence-corrected chi connectivity index (χ4v) is 1.79. The maximum Gasteiger partial charge on any atom is 0.321 e. The molecule has 0 aliphatic heterocycles. The molecule has 110 valence electrons. The van der Waals surface area contributed by atoms with Gasteiger partial charge in [-0.15, -0.1) is 0 Å². The van der Waals surface area contributed by atoms with Crippen LogP contribution in [0.2, 0.25) is 5.02 Å². The standard InChI is InChI=1S/C13H17ClN2O3S/c1-2-9-7-10(14)3-4-11(9)19-8-12(17)16-13(18)15-5-6-20/h3-4,7,20H,2,5-6,8H2,1H3,(H2,15,16,17,18). The predicted octanol–water partition coefficient (Wildman–Crippen LogP) is 2.04. The second kappa shape index (κ2) is 8.71. The minimum Gasteiger partial charge on any atom is -0.483 e. The molecule has 0 heterocycles. The number of hydrogen-bond donors (Lipinski definition) is 3. The molecule has 0 aromatic heterocycles. The molecule has 0 fully saturated rings. The molecule has 1 aromatic carbocycles. The van der Waals surface area contributed by atoms with Crippen LogP contribution in [0.25, 0.3) is 0 Å². The fraction of sp³-hybridized carbons (Fsp3) is 0.385. The van der Waals surface area contributed by atoms with Crippen molar-refractivity contribution in [1.29, 1.82) is 0 Å². The lowest BCUT2D eigenvalue weighted by molar-refractivity contribution is -0.122. The number of carbonyl (C=O) groups is 2. The number of halogens is 1. The number of hydrogen-bond acceptors (Lipinski definition) is 4. The summed E-state index contributed by atoms with van der Waals surface area (Å²) in [5.41, 5.74) is 0.907. The van der Waals surface area contributed by atoms with Gasteiger partial charge >= 0.3 is 6.03 Å². The number of amides is 3. The molecule has 20 heavy (non-hydrogen) atoms. The molecule has 0 aliphatic carbocycles. The number of nitrogens with one attached hydrogen (secondary N) is 2. The van der Waals surface area contributed by atoms with Gasteiger partial charge in [-0.1, -0.05) is 18.5 Å². The SMILES string of the molecule is CCc1cc(Cl)ccc1OCC(=O)NC(=O)NCCS. The Morgan fingerprint density at radius 1 is 1.40 bits per heavy atom. The molecule has 2 N–H and O–H groups in total. The van der Waals surface area contributed by atoms with Gasteiger partial charge in [-0.3, -0.25) is 10.1 Å². The minimum atomic E-state index is -0.556. The molecular weight excluding hydrogens is 300 g/mol. The lowest BCUT2D eigenvalue weighted by Gasteiger charge is -2.11. The van der Waals surface area contributed by atoms with Gasteiger partial charge in [-0.05, 0) is 30.2 Å². The average molecular weight is 317 g/mol. The molecule has 0 spiro atoms. The molecule has 0 saturated carbocycles. The van der Waals surface area contributed by atoms with Gasteiger partial charge in [0.05, 0.1) is 0 Å². The van der Waals surface area contributed by atoms with Gasteiger partial charge in [0.2, 0.25) is 0 Å². The highest BCUT2D eigenvalue weighted by Crippen LogP contribution is 2.23. The molecule has 1 rings (SSSR count). The number of imide groups is 1. The largest absolute Gasteiger partial charge is 0.483 e. The summed E-state index contributed by atoms with van der Waals surface area (Å²) in [5, 5.41) is 5.25. The van der Waals surface area contributed by atoms with Crippen molar-refractivity contribution in [3.05, 3.63) is 28.8 Å². The maximum atomic E-state index is 11.5. The van der Waals surface area contributed by atoms with Crippen molar-refractivity contribution >= 4 is 36.2 Å². The molecule has 3 amide bonds. The highest BCUT2D eigenvalue weighted by Gasteiger charge is 2.09.